The van der Waals surface area contributed by atoms with E-state index in [0.717, 1.165) is 0 Å². The monoisotopic (exact) mass is 716 g/mol. The SMILES string of the molecule is CC(C)(N)CN.F[P-](F)(F)(F)(F)F.F[P-](F)(F)(F)(F)F.F[P-](F)(F)(F)(F)F.[Ir+3]. The Hall–Kier alpha value is 0.599. The summed E-state index contributed by atoms with van der Waals surface area (Å²) >= 11 is 0. The van der Waals surface area contributed by atoms with Crippen LogP contribution in [0.15, 0.2) is 0 Å². The van der Waals surface area contributed by atoms with Gasteiger partial charge in [0.25, 0.3) is 0 Å². The minimum Gasteiger partial charge on any atom is 3.00 e. The van der Waals surface area contributed by atoms with Gasteiger partial charge in [0.1, 0.15) is 0 Å². The van der Waals surface area contributed by atoms with Gasteiger partial charge in [-0.25, -0.2) is 0 Å². The summed E-state index contributed by atoms with van der Waals surface area (Å²) in [7, 11) is -32.0. The van der Waals surface area contributed by atoms with Crippen molar-refractivity contribution >= 4 is 23.4 Å². The van der Waals surface area contributed by atoms with Gasteiger partial charge in [-0.3, -0.25) is 0 Å². The summed E-state index contributed by atoms with van der Waals surface area (Å²) in [6, 6.07) is 0. The maximum absolute atomic E-state index is 10.7. The van der Waals surface area contributed by atoms with Gasteiger partial charge >= 0.3 is 119 Å². The predicted molar refractivity (Wildman–Crippen MR) is 68.0 cm³/mol. The molecule has 0 saturated heterocycles. The Balaban J connectivity index is -0.0000000831. The summed E-state index contributed by atoms with van der Waals surface area (Å²) in [4.78, 5) is 0. The number of rotatable bonds is 1. The van der Waals surface area contributed by atoms with E-state index < -0.39 is 23.4 Å². The standard InChI is InChI=1S/C4H12N2.3F6P.Ir/c1-4(2,6)3-5;3*1-7(2,3,4,5)6;/h3,5-6H2,1-2H3;;;;/q;3*-1;+3. The Morgan fingerprint density at radius 3 is 0.536 bits per heavy atom. The number of halogens is 18. The molecule has 0 heterocycles. The first-order chi connectivity index (χ1) is 9.91. The van der Waals surface area contributed by atoms with Gasteiger partial charge in [-0.05, 0) is 13.8 Å². The van der Waals surface area contributed by atoms with Crippen molar-refractivity contribution in [3.8, 4) is 0 Å². The molecule has 0 saturated carbocycles. The fourth-order valence-corrected chi connectivity index (χ4v) is 0. The van der Waals surface area contributed by atoms with Crippen molar-refractivity contribution < 1.29 is 95.6 Å². The molecule has 0 unspecified atom stereocenters. The number of hydrogen-bond donors (Lipinski definition) is 2. The van der Waals surface area contributed by atoms with Crippen LogP contribution in [0.2, 0.25) is 0 Å². The second kappa shape index (κ2) is 7.06. The molecule has 188 valence electrons. The summed E-state index contributed by atoms with van der Waals surface area (Å²) in [6.07, 6.45) is 0. The number of nitrogens with two attached hydrogens (primary N) is 2. The van der Waals surface area contributed by atoms with Crippen molar-refractivity contribution in [2.24, 2.45) is 11.5 Å². The molecular formula is C4H12F18IrN2P3. The third-order valence-corrected chi connectivity index (χ3v) is 0.526. The first-order valence-electron chi connectivity index (χ1n) is 5.09. The minimum atomic E-state index is -10.7. The zero-order valence-electron chi connectivity index (χ0n) is 12.8. The van der Waals surface area contributed by atoms with E-state index >= 15 is 0 Å². The molecule has 24 heteroatoms. The Morgan fingerprint density at radius 2 is 0.536 bits per heavy atom. The van der Waals surface area contributed by atoms with Gasteiger partial charge in [0.2, 0.25) is 0 Å². The second-order valence-corrected chi connectivity index (χ2v) is 10.8. The molecule has 0 radical (unpaired) electrons. The molecule has 2 nitrogen and oxygen atoms in total. The Morgan fingerprint density at radius 1 is 0.500 bits per heavy atom. The predicted octanol–water partition coefficient (Wildman–Crippen LogP) is 9.83. The zero-order chi connectivity index (χ0) is 24.4. The molecule has 4 N–H and O–H groups in total. The molecule has 0 aromatic rings. The van der Waals surface area contributed by atoms with Crippen molar-refractivity contribution in [1.29, 1.82) is 0 Å². The minimum absolute atomic E-state index is 0. The van der Waals surface area contributed by atoms with Crippen molar-refractivity contribution in [1.82, 2.24) is 0 Å². The average molecular weight is 715 g/mol. The van der Waals surface area contributed by atoms with E-state index in [9.17, 15) is 75.5 Å². The molecular weight excluding hydrogens is 703 g/mol. The van der Waals surface area contributed by atoms with Crippen LogP contribution in [-0.4, -0.2) is 12.1 Å². The van der Waals surface area contributed by atoms with Crippen LogP contribution in [0.5, 0.6) is 0 Å². The van der Waals surface area contributed by atoms with E-state index in [1.54, 1.807) is 0 Å². The van der Waals surface area contributed by atoms with Gasteiger partial charge in [0.05, 0.1) is 0 Å². The first-order valence-corrected chi connectivity index (χ1v) is 11.2. The molecule has 0 bridgehead atoms. The summed E-state index contributed by atoms with van der Waals surface area (Å²) in [5, 5.41) is 0. The molecule has 28 heavy (non-hydrogen) atoms. The van der Waals surface area contributed by atoms with Gasteiger partial charge in [-0.2, -0.15) is 0 Å². The fourth-order valence-electron chi connectivity index (χ4n) is 0. The van der Waals surface area contributed by atoms with E-state index in [4.69, 9.17) is 11.5 Å². The van der Waals surface area contributed by atoms with Gasteiger partial charge in [0, 0.05) is 12.1 Å². The van der Waals surface area contributed by atoms with E-state index in [1.807, 2.05) is 13.8 Å². The smallest absolute Gasteiger partial charge is 3.00 e. The van der Waals surface area contributed by atoms with E-state index in [1.165, 1.54) is 0 Å². The van der Waals surface area contributed by atoms with Crippen LogP contribution in [0, 0.1) is 0 Å². The quantitative estimate of drug-likeness (QED) is 0.210. The zero-order valence-corrected chi connectivity index (χ0v) is 17.9. The van der Waals surface area contributed by atoms with Crippen LogP contribution in [0.25, 0.3) is 0 Å². The summed E-state index contributed by atoms with van der Waals surface area (Å²) in [6.45, 7) is 4.34. The van der Waals surface area contributed by atoms with Crippen LogP contribution in [0.1, 0.15) is 13.8 Å². The number of hydrogen-bond acceptors (Lipinski definition) is 2. The topological polar surface area (TPSA) is 52.0 Å². The van der Waals surface area contributed by atoms with Crippen LogP contribution in [0.4, 0.5) is 75.5 Å². The van der Waals surface area contributed by atoms with Crippen molar-refractivity contribution in [2.45, 2.75) is 19.4 Å². The largest absolute Gasteiger partial charge is 3.00 e. The van der Waals surface area contributed by atoms with Crippen LogP contribution >= 0.6 is 23.4 Å². The summed E-state index contributed by atoms with van der Waals surface area (Å²) in [5.74, 6) is 0. The Bertz CT molecular complexity index is 381. The van der Waals surface area contributed by atoms with Crippen LogP contribution < -0.4 is 11.5 Å². The first kappa shape index (κ1) is 39.1. The average Bonchev–Trinajstić information content (AvgIpc) is 1.81. The van der Waals surface area contributed by atoms with E-state index in [2.05, 4.69) is 0 Å². The van der Waals surface area contributed by atoms with E-state index in [-0.39, 0.29) is 25.6 Å². The molecule has 0 aliphatic heterocycles. The third kappa shape index (κ3) is 1350. The van der Waals surface area contributed by atoms with Gasteiger partial charge < -0.3 is 11.5 Å². The summed E-state index contributed by atoms with van der Waals surface area (Å²) in [5.41, 5.74) is 10.4. The van der Waals surface area contributed by atoms with Crippen molar-refractivity contribution in [2.75, 3.05) is 6.54 Å². The Labute approximate surface area is 157 Å². The van der Waals surface area contributed by atoms with Crippen molar-refractivity contribution in [3.05, 3.63) is 0 Å². The summed E-state index contributed by atoms with van der Waals surface area (Å²) < 4.78 is 178. The van der Waals surface area contributed by atoms with Gasteiger partial charge in [-0.15, -0.1) is 0 Å². The molecule has 0 amide bonds. The van der Waals surface area contributed by atoms with Crippen LogP contribution in [-0.2, 0) is 20.1 Å². The van der Waals surface area contributed by atoms with E-state index in [0.29, 0.717) is 6.54 Å². The maximum atomic E-state index is 9.87. The molecule has 0 aromatic carbocycles. The maximum Gasteiger partial charge on any atom is 3.00 e. The van der Waals surface area contributed by atoms with Gasteiger partial charge in [-0.1, -0.05) is 0 Å². The Kier molecular flexibility index (Phi) is 9.86. The molecule has 0 fully saturated rings. The molecule has 0 aliphatic rings. The normalized spacial score (nSPS) is 19.9. The molecule has 0 rings (SSSR count). The fraction of sp³-hybridized carbons (Fsp3) is 1.00. The van der Waals surface area contributed by atoms with Crippen LogP contribution in [0.3, 0.4) is 0 Å². The van der Waals surface area contributed by atoms with Crippen molar-refractivity contribution in [3.63, 3.8) is 0 Å². The van der Waals surface area contributed by atoms with Gasteiger partial charge in [0.15, 0.2) is 0 Å². The molecule has 0 atom stereocenters. The molecule has 0 spiro atoms. The second-order valence-electron chi connectivity index (χ2n) is 5.07. The third-order valence-electron chi connectivity index (χ3n) is 0.526. The molecule has 0 aromatic heterocycles. The molecule has 0 aliphatic carbocycles.